The molecule has 7 heteroatoms. The molecule has 0 heterocycles. The van der Waals surface area contributed by atoms with Crippen LogP contribution in [0.5, 0.6) is 0 Å². The van der Waals surface area contributed by atoms with Crippen LogP contribution in [0.3, 0.4) is 0 Å². The van der Waals surface area contributed by atoms with Crippen LogP contribution in [0.4, 0.5) is 4.79 Å². The van der Waals surface area contributed by atoms with E-state index >= 15 is 0 Å². The van der Waals surface area contributed by atoms with Crippen molar-refractivity contribution in [3.8, 4) is 0 Å². The Bertz CT molecular complexity index is 612. The predicted molar refractivity (Wildman–Crippen MR) is 97.5 cm³/mol. The average Bonchev–Trinajstić information content (AvgIpc) is 3.10. The number of nitrogens with one attached hydrogen (secondary N) is 3. The van der Waals surface area contributed by atoms with Gasteiger partial charge in [-0.25, -0.2) is 4.79 Å². The molecule has 0 aliphatic heterocycles. The lowest BCUT2D eigenvalue weighted by atomic mass is 9.96. The van der Waals surface area contributed by atoms with Gasteiger partial charge < -0.3 is 21.1 Å². The largest absolute Gasteiger partial charge is 0.481 e. The Morgan fingerprint density at radius 1 is 1.00 bits per heavy atom. The molecule has 1 aliphatic rings. The van der Waals surface area contributed by atoms with Gasteiger partial charge >= 0.3 is 12.0 Å². The van der Waals surface area contributed by atoms with E-state index in [-0.39, 0.29) is 18.4 Å². The van der Waals surface area contributed by atoms with Crippen LogP contribution in [0.25, 0.3) is 0 Å². The number of hydrogen-bond donors (Lipinski definition) is 4. The number of rotatable bonds is 9. The number of carboxylic acid groups (broad SMARTS) is 1. The molecule has 1 saturated carbocycles. The van der Waals surface area contributed by atoms with Crippen LogP contribution >= 0.6 is 0 Å². The summed E-state index contributed by atoms with van der Waals surface area (Å²) in [6.07, 6.45) is 4.25. The Morgan fingerprint density at radius 3 is 2.35 bits per heavy atom. The van der Waals surface area contributed by atoms with E-state index in [1.54, 1.807) is 0 Å². The molecular formula is C19H27N3O4. The third kappa shape index (κ3) is 6.06. The van der Waals surface area contributed by atoms with Crippen LogP contribution in [0.2, 0.25) is 0 Å². The Labute approximate surface area is 153 Å². The number of amides is 3. The molecule has 3 amide bonds. The highest BCUT2D eigenvalue weighted by Gasteiger charge is 2.42. The molecule has 1 aliphatic carbocycles. The van der Waals surface area contributed by atoms with E-state index in [1.165, 1.54) is 0 Å². The lowest BCUT2D eigenvalue weighted by Crippen LogP contribution is -2.59. The van der Waals surface area contributed by atoms with Crippen LogP contribution in [-0.4, -0.2) is 35.1 Å². The van der Waals surface area contributed by atoms with E-state index in [0.717, 1.165) is 18.4 Å². The molecule has 0 radical (unpaired) electrons. The van der Waals surface area contributed by atoms with Gasteiger partial charge in [0.2, 0.25) is 5.91 Å². The molecule has 26 heavy (non-hydrogen) atoms. The minimum atomic E-state index is -0.867. The summed E-state index contributed by atoms with van der Waals surface area (Å²) >= 11 is 0. The first-order chi connectivity index (χ1) is 12.5. The fourth-order valence-electron chi connectivity index (χ4n) is 3.20. The van der Waals surface area contributed by atoms with Crippen LogP contribution in [0.15, 0.2) is 30.3 Å². The molecule has 0 bridgehead atoms. The van der Waals surface area contributed by atoms with E-state index in [2.05, 4.69) is 16.0 Å². The number of benzene rings is 1. The Balaban J connectivity index is 1.80. The quantitative estimate of drug-likeness (QED) is 0.506. The van der Waals surface area contributed by atoms with Crippen molar-refractivity contribution in [2.75, 3.05) is 6.54 Å². The predicted octanol–water partition coefficient (Wildman–Crippen LogP) is 2.17. The molecule has 0 spiro atoms. The lowest BCUT2D eigenvalue weighted by molar-refractivity contribution is -0.137. The fourth-order valence-corrected chi connectivity index (χ4v) is 3.20. The highest BCUT2D eigenvalue weighted by Crippen LogP contribution is 2.29. The van der Waals surface area contributed by atoms with Gasteiger partial charge in [0.15, 0.2) is 0 Å². The molecular weight excluding hydrogens is 334 g/mol. The van der Waals surface area contributed by atoms with E-state index in [0.29, 0.717) is 38.8 Å². The molecule has 1 aromatic carbocycles. The lowest BCUT2D eigenvalue weighted by Gasteiger charge is -2.29. The van der Waals surface area contributed by atoms with Crippen LogP contribution < -0.4 is 16.0 Å². The summed E-state index contributed by atoms with van der Waals surface area (Å²) < 4.78 is 0. The number of carboxylic acids is 1. The van der Waals surface area contributed by atoms with E-state index in [1.807, 2.05) is 30.3 Å². The fraction of sp³-hybridized carbons (Fsp3) is 0.526. The molecule has 0 saturated heterocycles. The monoisotopic (exact) mass is 361 g/mol. The Morgan fingerprint density at radius 2 is 1.69 bits per heavy atom. The Hall–Kier alpha value is -2.57. The molecule has 4 N–H and O–H groups in total. The van der Waals surface area contributed by atoms with Gasteiger partial charge in [0.1, 0.15) is 5.54 Å². The number of hydrogen-bond acceptors (Lipinski definition) is 3. The molecule has 0 atom stereocenters. The van der Waals surface area contributed by atoms with Crippen molar-refractivity contribution in [2.45, 2.75) is 57.0 Å². The number of urea groups is 1. The Kier molecular flexibility index (Phi) is 7.44. The summed E-state index contributed by atoms with van der Waals surface area (Å²) in [7, 11) is 0. The number of aliphatic carboxylic acids is 1. The first-order valence-corrected chi connectivity index (χ1v) is 9.12. The molecule has 2 rings (SSSR count). The molecule has 0 unspecified atom stereocenters. The third-order valence-corrected chi connectivity index (χ3v) is 4.64. The van der Waals surface area contributed by atoms with E-state index in [4.69, 9.17) is 5.11 Å². The summed E-state index contributed by atoms with van der Waals surface area (Å²) in [6, 6.07) is 9.23. The average molecular weight is 361 g/mol. The first-order valence-electron chi connectivity index (χ1n) is 9.12. The zero-order chi connectivity index (χ0) is 18.8. The summed E-state index contributed by atoms with van der Waals surface area (Å²) in [6.45, 7) is 0.820. The van der Waals surface area contributed by atoms with Crippen molar-refractivity contribution in [1.82, 2.24) is 16.0 Å². The summed E-state index contributed by atoms with van der Waals surface area (Å²) in [5, 5.41) is 17.1. The van der Waals surface area contributed by atoms with Gasteiger partial charge in [-0.1, -0.05) is 43.2 Å². The van der Waals surface area contributed by atoms with Gasteiger partial charge in [0, 0.05) is 19.5 Å². The number of unbranched alkanes of at least 4 members (excludes halogenated alkanes) is 1. The normalized spacial score (nSPS) is 15.2. The number of carbonyl (C=O) groups excluding carboxylic acids is 2. The number of carbonyl (C=O) groups is 3. The molecule has 1 fully saturated rings. The second-order valence-corrected chi connectivity index (χ2v) is 6.69. The molecule has 7 nitrogen and oxygen atoms in total. The topological polar surface area (TPSA) is 108 Å². The SMILES string of the molecule is O=C(O)CCCCNC(=O)C1(NC(=O)NCc2ccccc2)CCCC1. The minimum absolute atomic E-state index is 0.0984. The van der Waals surface area contributed by atoms with E-state index < -0.39 is 11.5 Å². The van der Waals surface area contributed by atoms with Crippen molar-refractivity contribution in [3.63, 3.8) is 0 Å². The second kappa shape index (κ2) is 9.79. The van der Waals surface area contributed by atoms with Gasteiger partial charge in [-0.05, 0) is 31.2 Å². The maximum absolute atomic E-state index is 12.6. The highest BCUT2D eigenvalue weighted by atomic mass is 16.4. The summed E-state index contributed by atoms with van der Waals surface area (Å²) in [5.74, 6) is -1.01. The minimum Gasteiger partial charge on any atom is -0.481 e. The van der Waals surface area contributed by atoms with Gasteiger partial charge in [0.05, 0.1) is 0 Å². The van der Waals surface area contributed by atoms with E-state index in [9.17, 15) is 14.4 Å². The molecule has 0 aromatic heterocycles. The van der Waals surface area contributed by atoms with Gasteiger partial charge in [0.25, 0.3) is 0 Å². The smallest absolute Gasteiger partial charge is 0.315 e. The third-order valence-electron chi connectivity index (χ3n) is 4.64. The van der Waals surface area contributed by atoms with Crippen molar-refractivity contribution < 1.29 is 19.5 Å². The van der Waals surface area contributed by atoms with Crippen molar-refractivity contribution in [1.29, 1.82) is 0 Å². The zero-order valence-corrected chi connectivity index (χ0v) is 14.9. The molecule has 142 valence electrons. The molecule has 1 aromatic rings. The van der Waals surface area contributed by atoms with Crippen LogP contribution in [0.1, 0.15) is 50.5 Å². The summed E-state index contributed by atoms with van der Waals surface area (Å²) in [5.41, 5.74) is 0.124. The standard InChI is InChI=1S/C19H27N3O4/c23-16(24)10-4-7-13-20-17(25)19(11-5-6-12-19)22-18(26)21-14-15-8-2-1-3-9-15/h1-3,8-9H,4-7,10-14H2,(H,20,25)(H,23,24)(H2,21,22,26). The van der Waals surface area contributed by atoms with Gasteiger partial charge in [-0.3, -0.25) is 9.59 Å². The highest BCUT2D eigenvalue weighted by molar-refractivity contribution is 5.91. The zero-order valence-electron chi connectivity index (χ0n) is 14.9. The maximum Gasteiger partial charge on any atom is 0.315 e. The summed E-state index contributed by atoms with van der Waals surface area (Å²) in [4.78, 5) is 35.4. The maximum atomic E-state index is 12.6. The van der Waals surface area contributed by atoms with Crippen molar-refractivity contribution in [3.05, 3.63) is 35.9 Å². The van der Waals surface area contributed by atoms with Gasteiger partial charge in [-0.2, -0.15) is 0 Å². The second-order valence-electron chi connectivity index (χ2n) is 6.69. The first kappa shape index (κ1) is 19.8. The van der Waals surface area contributed by atoms with Crippen molar-refractivity contribution in [2.24, 2.45) is 0 Å². The van der Waals surface area contributed by atoms with Crippen molar-refractivity contribution >= 4 is 17.9 Å². The van der Waals surface area contributed by atoms with Crippen LogP contribution in [0, 0.1) is 0 Å². The van der Waals surface area contributed by atoms with Gasteiger partial charge in [-0.15, -0.1) is 0 Å². The van der Waals surface area contributed by atoms with Crippen LogP contribution in [-0.2, 0) is 16.1 Å².